The minimum absolute atomic E-state index is 0.120. The first kappa shape index (κ1) is 31.1. The standard InChI is InChI=1S/C35H30FN3O5S/c1-2-39(30-19-15-28(36)16-20-30)35(42)32(22-24-12-17-29(18-13-24)37-33(40)26-9-4-3-5-10-26)34(41)38-45(43,44)31-21-14-25-8-6-7-11-27(25)23-31/h3-21,23,32H,2,22H2,1H3,(H,37,40)(H,38,41). The molecule has 0 radical (unpaired) electrons. The third-order valence-corrected chi connectivity index (χ3v) is 8.63. The second-order valence-electron chi connectivity index (χ2n) is 10.3. The molecule has 0 saturated heterocycles. The van der Waals surface area contributed by atoms with Crippen molar-refractivity contribution in [2.75, 3.05) is 16.8 Å². The Bertz CT molecular complexity index is 1950. The van der Waals surface area contributed by atoms with E-state index in [-0.39, 0.29) is 23.8 Å². The van der Waals surface area contributed by atoms with E-state index < -0.39 is 33.6 Å². The molecule has 0 fully saturated rings. The smallest absolute Gasteiger partial charge is 0.264 e. The van der Waals surface area contributed by atoms with E-state index in [2.05, 4.69) is 10.0 Å². The molecule has 10 heteroatoms. The SMILES string of the molecule is CCN(C(=O)C(Cc1ccc(NC(=O)c2ccccc2)cc1)C(=O)NS(=O)(=O)c1ccc2ccccc2c1)c1ccc(F)cc1. The molecule has 5 aromatic carbocycles. The van der Waals surface area contributed by atoms with Crippen molar-refractivity contribution in [3.05, 3.63) is 138 Å². The molecule has 0 aliphatic heterocycles. The van der Waals surface area contributed by atoms with Gasteiger partial charge < -0.3 is 10.2 Å². The fourth-order valence-corrected chi connectivity index (χ4v) is 5.97. The van der Waals surface area contributed by atoms with Crippen LogP contribution in [0, 0.1) is 11.7 Å². The van der Waals surface area contributed by atoms with Crippen molar-refractivity contribution in [3.63, 3.8) is 0 Å². The number of carbonyl (C=O) groups is 3. The molecule has 5 aromatic rings. The molecule has 2 N–H and O–H groups in total. The molecular formula is C35H30FN3O5S. The number of nitrogens with zero attached hydrogens (tertiary/aromatic N) is 1. The van der Waals surface area contributed by atoms with Gasteiger partial charge in [0.25, 0.3) is 15.9 Å². The molecule has 0 saturated carbocycles. The zero-order valence-electron chi connectivity index (χ0n) is 24.3. The fraction of sp³-hybridized carbons (Fsp3) is 0.114. The number of fused-ring (bicyclic) bond motifs is 1. The van der Waals surface area contributed by atoms with Crippen LogP contribution in [0.15, 0.2) is 126 Å². The molecule has 5 rings (SSSR count). The lowest BCUT2D eigenvalue weighted by molar-refractivity contribution is -0.132. The normalized spacial score (nSPS) is 11.9. The highest BCUT2D eigenvalue weighted by molar-refractivity contribution is 7.90. The highest BCUT2D eigenvalue weighted by atomic mass is 32.2. The van der Waals surface area contributed by atoms with Crippen LogP contribution < -0.4 is 14.9 Å². The maximum absolute atomic E-state index is 13.9. The van der Waals surface area contributed by atoms with Gasteiger partial charge in [0.15, 0.2) is 0 Å². The second kappa shape index (κ2) is 13.5. The molecule has 0 spiro atoms. The van der Waals surface area contributed by atoms with E-state index in [1.165, 1.54) is 41.3 Å². The minimum Gasteiger partial charge on any atom is -0.322 e. The van der Waals surface area contributed by atoms with Crippen LogP contribution in [0.5, 0.6) is 0 Å². The van der Waals surface area contributed by atoms with Crippen molar-refractivity contribution in [2.45, 2.75) is 18.2 Å². The lowest BCUT2D eigenvalue weighted by Gasteiger charge is -2.26. The second-order valence-corrected chi connectivity index (χ2v) is 12.0. The van der Waals surface area contributed by atoms with Crippen LogP contribution in [-0.4, -0.2) is 32.7 Å². The summed E-state index contributed by atoms with van der Waals surface area (Å²) in [5, 5.41) is 4.30. The Morgan fingerprint density at radius 2 is 1.42 bits per heavy atom. The monoisotopic (exact) mass is 623 g/mol. The molecule has 0 bridgehead atoms. The molecule has 228 valence electrons. The summed E-state index contributed by atoms with van der Waals surface area (Å²) in [6, 6.07) is 32.2. The maximum atomic E-state index is 13.9. The third kappa shape index (κ3) is 7.42. The van der Waals surface area contributed by atoms with Crippen molar-refractivity contribution in [1.82, 2.24) is 4.72 Å². The number of hydrogen-bond donors (Lipinski definition) is 2. The number of benzene rings is 5. The number of hydrogen-bond acceptors (Lipinski definition) is 5. The van der Waals surface area contributed by atoms with Gasteiger partial charge in [-0.1, -0.05) is 60.7 Å². The molecule has 1 unspecified atom stereocenters. The molecule has 0 aromatic heterocycles. The van der Waals surface area contributed by atoms with Gasteiger partial charge in [-0.2, -0.15) is 0 Å². The average Bonchev–Trinajstić information content (AvgIpc) is 3.05. The van der Waals surface area contributed by atoms with Crippen LogP contribution in [0.3, 0.4) is 0 Å². The predicted octanol–water partition coefficient (Wildman–Crippen LogP) is 5.95. The van der Waals surface area contributed by atoms with Crippen LogP contribution >= 0.6 is 0 Å². The lowest BCUT2D eigenvalue weighted by atomic mass is 9.96. The van der Waals surface area contributed by atoms with Crippen LogP contribution in [0.25, 0.3) is 10.8 Å². The van der Waals surface area contributed by atoms with E-state index in [1.807, 2.05) is 18.2 Å². The van der Waals surface area contributed by atoms with E-state index in [1.54, 1.807) is 73.7 Å². The number of halogens is 1. The third-order valence-electron chi connectivity index (χ3n) is 7.29. The summed E-state index contributed by atoms with van der Waals surface area (Å²) >= 11 is 0. The summed E-state index contributed by atoms with van der Waals surface area (Å²) in [6.07, 6.45) is -0.136. The molecule has 0 aliphatic rings. The van der Waals surface area contributed by atoms with Gasteiger partial charge in [-0.3, -0.25) is 14.4 Å². The Kier molecular flexibility index (Phi) is 9.34. The Balaban J connectivity index is 1.41. The van der Waals surface area contributed by atoms with Crippen LogP contribution in [0.2, 0.25) is 0 Å². The molecule has 8 nitrogen and oxygen atoms in total. The van der Waals surface area contributed by atoms with Gasteiger partial charge >= 0.3 is 0 Å². The van der Waals surface area contributed by atoms with E-state index in [0.29, 0.717) is 27.9 Å². The summed E-state index contributed by atoms with van der Waals surface area (Å²) < 4.78 is 42.4. The van der Waals surface area contributed by atoms with Crippen LogP contribution in [0.1, 0.15) is 22.8 Å². The van der Waals surface area contributed by atoms with E-state index in [9.17, 15) is 27.2 Å². The molecule has 45 heavy (non-hydrogen) atoms. The first-order chi connectivity index (χ1) is 21.6. The molecular weight excluding hydrogens is 593 g/mol. The van der Waals surface area contributed by atoms with E-state index in [4.69, 9.17) is 0 Å². The van der Waals surface area contributed by atoms with E-state index in [0.717, 1.165) is 5.39 Å². The number of carbonyl (C=O) groups excluding carboxylic acids is 3. The van der Waals surface area contributed by atoms with Gasteiger partial charge in [0.05, 0.1) is 4.90 Å². The van der Waals surface area contributed by atoms with Gasteiger partial charge in [-0.15, -0.1) is 0 Å². The minimum atomic E-state index is -4.34. The summed E-state index contributed by atoms with van der Waals surface area (Å²) in [7, 11) is -4.34. The van der Waals surface area contributed by atoms with Crippen molar-refractivity contribution in [3.8, 4) is 0 Å². The zero-order chi connectivity index (χ0) is 32.0. The molecule has 0 aliphatic carbocycles. The fourth-order valence-electron chi connectivity index (χ4n) is 4.92. The first-order valence-electron chi connectivity index (χ1n) is 14.2. The summed E-state index contributed by atoms with van der Waals surface area (Å²) in [6.45, 7) is 1.85. The van der Waals surface area contributed by atoms with Gasteiger partial charge in [0.1, 0.15) is 11.7 Å². The quantitative estimate of drug-likeness (QED) is 0.187. The highest BCUT2D eigenvalue weighted by Crippen LogP contribution is 2.23. The topological polar surface area (TPSA) is 113 Å². The number of amides is 3. The van der Waals surface area contributed by atoms with Crippen molar-refractivity contribution >= 4 is 49.9 Å². The Labute approximate surface area is 260 Å². The van der Waals surface area contributed by atoms with Gasteiger partial charge in [-0.25, -0.2) is 17.5 Å². The van der Waals surface area contributed by atoms with Crippen molar-refractivity contribution in [1.29, 1.82) is 0 Å². The summed E-state index contributed by atoms with van der Waals surface area (Å²) in [5.74, 6) is -3.90. The summed E-state index contributed by atoms with van der Waals surface area (Å²) in [4.78, 5) is 41.3. The maximum Gasteiger partial charge on any atom is 0.264 e. The van der Waals surface area contributed by atoms with Crippen LogP contribution in [0.4, 0.5) is 15.8 Å². The average molecular weight is 624 g/mol. The first-order valence-corrected chi connectivity index (χ1v) is 15.7. The Hall–Kier alpha value is -5.35. The zero-order valence-corrected chi connectivity index (χ0v) is 25.1. The van der Waals surface area contributed by atoms with Crippen molar-refractivity contribution in [2.24, 2.45) is 5.92 Å². The highest BCUT2D eigenvalue weighted by Gasteiger charge is 2.34. The summed E-state index contributed by atoms with van der Waals surface area (Å²) in [5.41, 5.74) is 1.90. The van der Waals surface area contributed by atoms with Gasteiger partial charge in [0, 0.05) is 23.5 Å². The van der Waals surface area contributed by atoms with Crippen molar-refractivity contribution < 1.29 is 27.2 Å². The van der Waals surface area contributed by atoms with Gasteiger partial charge in [-0.05, 0) is 90.3 Å². The van der Waals surface area contributed by atoms with E-state index >= 15 is 0 Å². The number of anilines is 2. The molecule has 0 heterocycles. The Morgan fingerprint density at radius 3 is 2.09 bits per heavy atom. The number of rotatable bonds is 10. The molecule has 3 amide bonds. The lowest BCUT2D eigenvalue weighted by Crippen LogP contribution is -2.46. The molecule has 1 atom stereocenters. The largest absolute Gasteiger partial charge is 0.322 e. The van der Waals surface area contributed by atoms with Crippen LogP contribution in [-0.2, 0) is 26.0 Å². The number of nitrogens with one attached hydrogen (secondary N) is 2. The Morgan fingerprint density at radius 1 is 0.778 bits per heavy atom. The number of sulfonamides is 1. The van der Waals surface area contributed by atoms with Gasteiger partial charge in [0.2, 0.25) is 11.8 Å². The predicted molar refractivity (Wildman–Crippen MR) is 172 cm³/mol.